The average molecular weight is 305 g/mol. The minimum atomic E-state index is -3.55. The number of anilines is 2. The van der Waals surface area contributed by atoms with Crippen LogP contribution in [0, 0.1) is 0 Å². The average Bonchev–Trinajstić information content (AvgIpc) is 2.40. The van der Waals surface area contributed by atoms with Crippen molar-refractivity contribution in [3.63, 3.8) is 0 Å². The van der Waals surface area contributed by atoms with Crippen molar-refractivity contribution < 1.29 is 13.2 Å². The summed E-state index contributed by atoms with van der Waals surface area (Å²) in [4.78, 5) is 11.8. The van der Waals surface area contributed by atoms with E-state index in [1.807, 2.05) is 18.2 Å². The second-order valence-electron chi connectivity index (χ2n) is 4.45. The van der Waals surface area contributed by atoms with Crippen molar-refractivity contribution in [3.05, 3.63) is 60.2 Å². The Morgan fingerprint density at radius 3 is 1.95 bits per heavy atom. The molecule has 110 valence electrons. The molecule has 4 N–H and O–H groups in total. The van der Waals surface area contributed by atoms with Crippen LogP contribution in [0.4, 0.5) is 16.2 Å². The van der Waals surface area contributed by atoms with Gasteiger partial charge in [-0.15, -0.1) is 0 Å². The van der Waals surface area contributed by atoms with Gasteiger partial charge in [0.1, 0.15) is 0 Å². The molecule has 0 radical (unpaired) electrons. The monoisotopic (exact) mass is 305 g/mol. The highest BCUT2D eigenvalue weighted by Gasteiger charge is 2.06. The van der Waals surface area contributed by atoms with Gasteiger partial charge >= 0.3 is 6.03 Å². The molecule has 2 aromatic rings. The lowest BCUT2D eigenvalue weighted by Gasteiger charge is -2.08. The fraction of sp³-hybridized carbons (Fsp3) is 0.0714. The number of sulfonamides is 1. The Morgan fingerprint density at radius 1 is 0.905 bits per heavy atom. The van der Waals surface area contributed by atoms with Crippen LogP contribution in [0.15, 0.2) is 54.6 Å². The highest BCUT2D eigenvalue weighted by Crippen LogP contribution is 2.12. The van der Waals surface area contributed by atoms with Gasteiger partial charge in [-0.3, -0.25) is 0 Å². The number of amides is 2. The lowest BCUT2D eigenvalue weighted by molar-refractivity contribution is 0.262. The van der Waals surface area contributed by atoms with E-state index in [2.05, 4.69) is 10.6 Å². The number of nitrogens with two attached hydrogens (primary N) is 1. The summed E-state index contributed by atoms with van der Waals surface area (Å²) in [6, 6.07) is 15.1. The maximum atomic E-state index is 11.8. The van der Waals surface area contributed by atoms with E-state index >= 15 is 0 Å². The summed E-state index contributed by atoms with van der Waals surface area (Å²) in [6.45, 7) is 0. The molecule has 0 saturated heterocycles. The van der Waals surface area contributed by atoms with E-state index in [0.29, 0.717) is 16.9 Å². The number of rotatable bonds is 4. The fourth-order valence-corrected chi connectivity index (χ4v) is 2.39. The van der Waals surface area contributed by atoms with Gasteiger partial charge < -0.3 is 10.6 Å². The Balaban J connectivity index is 1.95. The molecule has 0 atom stereocenters. The number of benzene rings is 2. The molecule has 2 amide bonds. The summed E-state index contributed by atoms with van der Waals surface area (Å²) in [6.07, 6.45) is 0. The van der Waals surface area contributed by atoms with Gasteiger partial charge in [-0.25, -0.2) is 18.4 Å². The summed E-state index contributed by atoms with van der Waals surface area (Å²) in [7, 11) is -3.55. The van der Waals surface area contributed by atoms with Gasteiger partial charge in [-0.1, -0.05) is 30.3 Å². The smallest absolute Gasteiger partial charge is 0.308 e. The predicted octanol–water partition coefficient (Wildman–Crippen LogP) is 2.12. The zero-order chi connectivity index (χ0) is 15.3. The Labute approximate surface area is 123 Å². The first-order valence-corrected chi connectivity index (χ1v) is 7.86. The van der Waals surface area contributed by atoms with Crippen molar-refractivity contribution in [2.24, 2.45) is 5.14 Å². The number of nitrogens with one attached hydrogen (secondary N) is 2. The third kappa shape index (κ3) is 5.25. The maximum Gasteiger partial charge on any atom is 0.323 e. The van der Waals surface area contributed by atoms with Crippen LogP contribution in [0.1, 0.15) is 5.56 Å². The molecule has 0 heterocycles. The molecular weight excluding hydrogens is 290 g/mol. The predicted molar refractivity (Wildman–Crippen MR) is 82.3 cm³/mol. The zero-order valence-corrected chi connectivity index (χ0v) is 11.9. The third-order valence-electron chi connectivity index (χ3n) is 2.61. The van der Waals surface area contributed by atoms with Crippen molar-refractivity contribution in [1.82, 2.24) is 0 Å². The number of urea groups is 1. The number of hydrogen-bond donors (Lipinski definition) is 3. The molecule has 0 fully saturated rings. The summed E-state index contributed by atoms with van der Waals surface area (Å²) in [5, 5.41) is 10.3. The van der Waals surface area contributed by atoms with Crippen LogP contribution in [-0.2, 0) is 15.8 Å². The van der Waals surface area contributed by atoms with Crippen molar-refractivity contribution in [3.8, 4) is 0 Å². The van der Waals surface area contributed by atoms with Crippen LogP contribution in [0.5, 0.6) is 0 Å². The van der Waals surface area contributed by atoms with Crippen LogP contribution in [0.3, 0.4) is 0 Å². The van der Waals surface area contributed by atoms with E-state index in [-0.39, 0.29) is 11.8 Å². The summed E-state index contributed by atoms with van der Waals surface area (Å²) < 4.78 is 21.9. The van der Waals surface area contributed by atoms with E-state index in [0.717, 1.165) is 0 Å². The molecule has 7 heteroatoms. The Hall–Kier alpha value is -2.38. The Morgan fingerprint density at radius 2 is 1.43 bits per heavy atom. The molecule has 0 saturated carbocycles. The van der Waals surface area contributed by atoms with E-state index in [4.69, 9.17) is 5.14 Å². The molecule has 2 aromatic carbocycles. The second-order valence-corrected chi connectivity index (χ2v) is 6.06. The van der Waals surface area contributed by atoms with E-state index in [9.17, 15) is 13.2 Å². The van der Waals surface area contributed by atoms with Crippen LogP contribution in [0.2, 0.25) is 0 Å². The molecule has 2 rings (SSSR count). The minimum absolute atomic E-state index is 0.233. The van der Waals surface area contributed by atoms with E-state index < -0.39 is 10.0 Å². The molecule has 0 aliphatic carbocycles. The SMILES string of the molecule is NS(=O)(=O)Cc1ccc(NC(=O)Nc2ccccc2)cc1. The summed E-state index contributed by atoms with van der Waals surface area (Å²) >= 11 is 0. The van der Waals surface area contributed by atoms with Gasteiger partial charge in [0.15, 0.2) is 0 Å². The molecule has 0 spiro atoms. The Bertz CT molecular complexity index is 713. The highest BCUT2D eigenvalue weighted by molar-refractivity contribution is 7.88. The van der Waals surface area contributed by atoms with Gasteiger partial charge in [0.05, 0.1) is 5.75 Å². The largest absolute Gasteiger partial charge is 0.323 e. The van der Waals surface area contributed by atoms with Crippen LogP contribution in [-0.4, -0.2) is 14.4 Å². The van der Waals surface area contributed by atoms with E-state index in [1.54, 1.807) is 36.4 Å². The minimum Gasteiger partial charge on any atom is -0.308 e. The highest BCUT2D eigenvalue weighted by atomic mass is 32.2. The molecule has 21 heavy (non-hydrogen) atoms. The first kappa shape index (κ1) is 15.0. The van der Waals surface area contributed by atoms with Crippen molar-refractivity contribution in [2.75, 3.05) is 10.6 Å². The first-order chi connectivity index (χ1) is 9.92. The standard InChI is InChI=1S/C14H15N3O3S/c15-21(19,20)10-11-6-8-13(9-7-11)17-14(18)16-12-4-2-1-3-5-12/h1-9H,10H2,(H2,15,19,20)(H2,16,17,18). The zero-order valence-electron chi connectivity index (χ0n) is 11.1. The van der Waals surface area contributed by atoms with E-state index in [1.165, 1.54) is 0 Å². The molecular formula is C14H15N3O3S. The number of hydrogen-bond acceptors (Lipinski definition) is 3. The molecule has 6 nitrogen and oxygen atoms in total. The summed E-state index contributed by atoms with van der Waals surface area (Å²) in [5.41, 5.74) is 1.80. The number of para-hydroxylation sites is 1. The number of carbonyl (C=O) groups is 1. The molecule has 0 aromatic heterocycles. The topological polar surface area (TPSA) is 101 Å². The van der Waals surface area contributed by atoms with Gasteiger partial charge in [-0.05, 0) is 29.8 Å². The fourth-order valence-electron chi connectivity index (χ4n) is 1.73. The number of primary sulfonamides is 1. The normalized spacial score (nSPS) is 10.9. The van der Waals surface area contributed by atoms with Gasteiger partial charge in [0, 0.05) is 11.4 Å². The van der Waals surface area contributed by atoms with Gasteiger partial charge in [0.25, 0.3) is 0 Å². The van der Waals surface area contributed by atoms with Crippen LogP contribution < -0.4 is 15.8 Å². The quantitative estimate of drug-likeness (QED) is 0.806. The molecule has 0 bridgehead atoms. The molecule has 0 aliphatic rings. The van der Waals surface area contributed by atoms with Crippen molar-refractivity contribution >= 4 is 27.4 Å². The van der Waals surface area contributed by atoms with Gasteiger partial charge in [0.2, 0.25) is 10.0 Å². The molecule has 0 aliphatic heterocycles. The van der Waals surface area contributed by atoms with Crippen molar-refractivity contribution in [1.29, 1.82) is 0 Å². The van der Waals surface area contributed by atoms with Gasteiger partial charge in [-0.2, -0.15) is 0 Å². The van der Waals surface area contributed by atoms with Crippen LogP contribution in [0.25, 0.3) is 0 Å². The number of carbonyl (C=O) groups excluding carboxylic acids is 1. The third-order valence-corrected chi connectivity index (χ3v) is 3.35. The van der Waals surface area contributed by atoms with Crippen LogP contribution >= 0.6 is 0 Å². The first-order valence-electron chi connectivity index (χ1n) is 6.15. The second kappa shape index (κ2) is 6.38. The maximum absolute atomic E-state index is 11.8. The lowest BCUT2D eigenvalue weighted by Crippen LogP contribution is -2.19. The summed E-state index contributed by atoms with van der Waals surface area (Å²) in [5.74, 6) is -0.233. The van der Waals surface area contributed by atoms with Crippen molar-refractivity contribution in [2.45, 2.75) is 5.75 Å². The Kier molecular flexibility index (Phi) is 4.56. The lowest BCUT2D eigenvalue weighted by atomic mass is 10.2. The molecule has 0 unspecified atom stereocenters.